The molecule has 3 amide bonds. The van der Waals surface area contributed by atoms with Gasteiger partial charge in [0.1, 0.15) is 23.7 Å². The molecule has 2 aliphatic heterocycles. The Morgan fingerprint density at radius 3 is 2.09 bits per heavy atom. The van der Waals surface area contributed by atoms with E-state index in [0.29, 0.717) is 17.8 Å². The molecule has 3 saturated carbocycles. The number of hydrogen-bond acceptors (Lipinski definition) is 9. The molecule has 2 bridgehead atoms. The van der Waals surface area contributed by atoms with Gasteiger partial charge >= 0.3 is 6.09 Å². The van der Waals surface area contributed by atoms with Gasteiger partial charge in [0.15, 0.2) is 0 Å². The van der Waals surface area contributed by atoms with E-state index >= 15 is 0 Å². The predicted octanol–water partition coefficient (Wildman–Crippen LogP) is 9.42. The van der Waals surface area contributed by atoms with Crippen molar-refractivity contribution in [2.75, 3.05) is 14.2 Å². The van der Waals surface area contributed by atoms with Gasteiger partial charge in [-0.1, -0.05) is 87.4 Å². The number of alkyl carbamates (subject to hydrolysis) is 1. The molecule has 12 rings (SSSR count). The summed E-state index contributed by atoms with van der Waals surface area (Å²) in [6.07, 6.45) is 7.58. The van der Waals surface area contributed by atoms with Crippen molar-refractivity contribution in [1.29, 1.82) is 0 Å². The maximum Gasteiger partial charge on any atom is 0.407 e. The third-order valence-electron chi connectivity index (χ3n) is 16.4. The van der Waals surface area contributed by atoms with Gasteiger partial charge in [0.25, 0.3) is 0 Å². The lowest BCUT2D eigenvalue weighted by molar-refractivity contribution is -0.144. The van der Waals surface area contributed by atoms with E-state index in [1.54, 1.807) is 0 Å². The number of ether oxygens (including phenoxy) is 2. The highest BCUT2D eigenvalue weighted by atomic mass is 16.6. The second-order valence-corrected chi connectivity index (χ2v) is 20.7. The summed E-state index contributed by atoms with van der Waals surface area (Å²) in [6.45, 7) is 3.88. The standard InChI is InChI=1S/C55H60N8O6/c1-28(2)45(60-54(66)68-3)52(64)62-38-17-12-36(25-38)49(62)51-57-42-21-16-34-23-32(14-19-40(34)48(42)59-51)31-13-18-39-33(22-31)15-20-41-47(39)58-50(56-41)44-27-37-26-43(37)63(44)53(65)46(61-55(67)69-4)35-11-7-10-30(24-35)29-8-5-6-9-29/h7,10-11,13-16,18-24,28-29,36-38,43-46,49,55,61,67H,5-6,8-9,12,17,25-27H2,1-4H3,(H,56,58)(H,57,59)(H,60,66)/t36-,37+,38+,43+,44-,45-,46+,49-,55?/m0/s1. The lowest BCUT2D eigenvalue weighted by Gasteiger charge is -2.37. The number of nitrogens with one attached hydrogen (secondary N) is 4. The zero-order chi connectivity index (χ0) is 47.2. The van der Waals surface area contributed by atoms with E-state index in [4.69, 9.17) is 19.4 Å². The maximum atomic E-state index is 14.8. The van der Waals surface area contributed by atoms with Gasteiger partial charge in [-0.15, -0.1) is 0 Å². The molecule has 14 nitrogen and oxygen atoms in total. The second-order valence-electron chi connectivity index (χ2n) is 20.7. The molecular weight excluding hydrogens is 869 g/mol. The average Bonchev–Trinajstić information content (AvgIpc) is 4.12. The SMILES string of the molecule is COC(=O)N[C@H](C(=O)N1[C@@H]2CC[C@@H](C2)[C@H]1c1nc2ccc3cc(-c4ccc5c(ccc6nc([C@@H]7C[C@H]8C[C@H]8N7C(=O)[C@H](NC(O)OC)c7cccc(C8CCCC8)c7)[nH]c65)c4)ccc3c2[nH]1)C(C)C. The number of methoxy groups -OCH3 is 2. The van der Waals surface area contributed by atoms with Crippen LogP contribution >= 0.6 is 0 Å². The van der Waals surface area contributed by atoms with Crippen molar-refractivity contribution in [3.05, 3.63) is 108 Å². The number of rotatable bonds is 12. The van der Waals surface area contributed by atoms with Gasteiger partial charge in [0.2, 0.25) is 18.2 Å². The number of carbonyl (C=O) groups is 3. The molecule has 2 aromatic heterocycles. The third kappa shape index (κ3) is 7.62. The van der Waals surface area contributed by atoms with Crippen LogP contribution in [0.1, 0.15) is 118 Å². The summed E-state index contributed by atoms with van der Waals surface area (Å²) in [5.41, 5.74) is 7.87. The lowest BCUT2D eigenvalue weighted by Crippen LogP contribution is -2.54. The lowest BCUT2D eigenvalue weighted by atomic mass is 9.93. The van der Waals surface area contributed by atoms with Crippen LogP contribution in [0.5, 0.6) is 0 Å². The summed E-state index contributed by atoms with van der Waals surface area (Å²) in [7, 11) is 2.75. The minimum Gasteiger partial charge on any atom is -0.453 e. The number of amides is 3. The van der Waals surface area contributed by atoms with Gasteiger partial charge in [-0.05, 0) is 126 Å². The number of imidazole rings is 2. The first kappa shape index (κ1) is 43.9. The van der Waals surface area contributed by atoms with Crippen LogP contribution in [-0.2, 0) is 19.1 Å². The Morgan fingerprint density at radius 2 is 1.42 bits per heavy atom. The van der Waals surface area contributed by atoms with Gasteiger partial charge in [-0.25, -0.2) is 14.8 Å². The molecule has 14 heteroatoms. The first-order chi connectivity index (χ1) is 33.5. The van der Waals surface area contributed by atoms with Gasteiger partial charge in [-0.2, -0.15) is 0 Å². The Hall–Kier alpha value is -6.35. The number of aliphatic hydroxyl groups is 1. The number of nitrogens with zero attached hydrogens (tertiary/aromatic N) is 4. The molecule has 9 atom stereocenters. The molecule has 3 aliphatic carbocycles. The van der Waals surface area contributed by atoms with Crippen molar-refractivity contribution in [2.24, 2.45) is 17.8 Å². The van der Waals surface area contributed by atoms with Crippen LogP contribution in [0, 0.1) is 17.8 Å². The molecule has 7 aromatic rings. The number of aliphatic hydroxyl groups excluding tert-OH is 1. The zero-order valence-electron chi connectivity index (χ0n) is 39.6. The molecule has 5 aliphatic rings. The van der Waals surface area contributed by atoms with E-state index < -0.39 is 24.6 Å². The summed E-state index contributed by atoms with van der Waals surface area (Å²) in [5.74, 6) is 2.50. The zero-order valence-corrected chi connectivity index (χ0v) is 39.6. The molecule has 5 aromatic carbocycles. The van der Waals surface area contributed by atoms with Crippen LogP contribution < -0.4 is 10.6 Å². The third-order valence-corrected chi connectivity index (χ3v) is 16.4. The minimum absolute atomic E-state index is 0.0749. The Balaban J connectivity index is 0.816. The number of hydrogen-bond donors (Lipinski definition) is 5. The second kappa shape index (κ2) is 17.3. The van der Waals surface area contributed by atoms with Crippen molar-refractivity contribution in [2.45, 2.75) is 120 Å². The van der Waals surface area contributed by atoms with E-state index in [-0.39, 0.29) is 41.9 Å². The van der Waals surface area contributed by atoms with E-state index in [1.165, 1.54) is 32.6 Å². The Labute approximate surface area is 400 Å². The maximum absolute atomic E-state index is 14.8. The molecule has 5 N–H and O–H groups in total. The highest BCUT2D eigenvalue weighted by Gasteiger charge is 2.56. The molecule has 356 valence electrons. The van der Waals surface area contributed by atoms with Crippen LogP contribution in [0.3, 0.4) is 0 Å². The number of piperidine rings is 2. The molecule has 0 radical (unpaired) electrons. The predicted molar refractivity (Wildman–Crippen MR) is 264 cm³/mol. The van der Waals surface area contributed by atoms with E-state index in [0.717, 1.165) is 117 Å². The van der Waals surface area contributed by atoms with E-state index in [2.05, 4.69) is 93.4 Å². The van der Waals surface area contributed by atoms with Crippen molar-refractivity contribution in [3.8, 4) is 11.1 Å². The fourth-order valence-electron chi connectivity index (χ4n) is 12.8. The van der Waals surface area contributed by atoms with Gasteiger partial charge in [0, 0.05) is 30.0 Å². The summed E-state index contributed by atoms with van der Waals surface area (Å²) in [5, 5.41) is 20.8. The van der Waals surface area contributed by atoms with E-state index in [1.807, 2.05) is 35.8 Å². The summed E-state index contributed by atoms with van der Waals surface area (Å²) >= 11 is 0. The Kier molecular flexibility index (Phi) is 11.0. The monoisotopic (exact) mass is 928 g/mol. The van der Waals surface area contributed by atoms with Crippen molar-refractivity contribution in [3.63, 3.8) is 0 Å². The van der Waals surface area contributed by atoms with Crippen LogP contribution in [0.4, 0.5) is 4.79 Å². The highest BCUT2D eigenvalue weighted by molar-refractivity contribution is 6.07. The topological polar surface area (TPSA) is 178 Å². The van der Waals surface area contributed by atoms with Crippen molar-refractivity contribution >= 4 is 61.5 Å². The number of aromatic amines is 2. The molecule has 1 unspecified atom stereocenters. The van der Waals surface area contributed by atoms with Crippen molar-refractivity contribution in [1.82, 2.24) is 40.4 Å². The fourth-order valence-corrected chi connectivity index (χ4v) is 12.8. The summed E-state index contributed by atoms with van der Waals surface area (Å²) in [4.78, 5) is 62.9. The van der Waals surface area contributed by atoms with Crippen LogP contribution in [0.15, 0.2) is 84.9 Å². The number of likely N-dealkylation sites (tertiary alicyclic amines) is 2. The molecule has 4 heterocycles. The molecule has 69 heavy (non-hydrogen) atoms. The number of H-pyrrole nitrogens is 2. The molecule has 0 spiro atoms. The van der Waals surface area contributed by atoms with Crippen molar-refractivity contribution < 1.29 is 29.0 Å². The highest BCUT2D eigenvalue weighted by Crippen LogP contribution is 2.54. The molecule has 5 fully saturated rings. The quantitative estimate of drug-likeness (QED) is 0.0747. The Morgan fingerprint density at radius 1 is 0.739 bits per heavy atom. The number of carbonyl (C=O) groups excluding carboxylic acids is 3. The summed E-state index contributed by atoms with van der Waals surface area (Å²) in [6, 6.07) is 28.1. The van der Waals surface area contributed by atoms with Gasteiger partial charge < -0.3 is 39.7 Å². The smallest absolute Gasteiger partial charge is 0.407 e. The number of benzene rings is 5. The van der Waals surface area contributed by atoms with Crippen LogP contribution in [0.25, 0.3) is 54.7 Å². The number of aromatic nitrogens is 4. The van der Waals surface area contributed by atoms with Crippen LogP contribution in [-0.4, -0.2) is 91.5 Å². The minimum atomic E-state index is -1.30. The first-order valence-electron chi connectivity index (χ1n) is 25.0. The van der Waals surface area contributed by atoms with E-state index in [9.17, 15) is 19.5 Å². The molecular formula is C55H60N8O6. The Bertz CT molecular complexity index is 3160. The molecule has 2 saturated heterocycles. The normalized spacial score (nSPS) is 24.5. The number of fused-ring (bicyclic) bond motifs is 9. The fraction of sp³-hybridized carbons (Fsp3) is 0.436. The van der Waals surface area contributed by atoms with Gasteiger partial charge in [-0.3, -0.25) is 14.9 Å². The van der Waals surface area contributed by atoms with Gasteiger partial charge in [0.05, 0.1) is 41.3 Å². The first-order valence-corrected chi connectivity index (χ1v) is 25.0. The van der Waals surface area contributed by atoms with Crippen LogP contribution in [0.2, 0.25) is 0 Å². The largest absolute Gasteiger partial charge is 0.453 e. The average molecular weight is 929 g/mol. The summed E-state index contributed by atoms with van der Waals surface area (Å²) < 4.78 is 10.1.